The minimum atomic E-state index is -1.04. The van der Waals surface area contributed by atoms with E-state index in [0.29, 0.717) is 6.42 Å². The minimum absolute atomic E-state index is 0.122. The van der Waals surface area contributed by atoms with E-state index in [1.165, 1.54) is 0 Å². The van der Waals surface area contributed by atoms with Gasteiger partial charge in [0.25, 0.3) is 0 Å². The Kier molecular flexibility index (Phi) is 2.22. The first-order chi connectivity index (χ1) is 4.69. The molecule has 0 aliphatic carbocycles. The second-order valence-electron chi connectivity index (χ2n) is 2.76. The maximum atomic E-state index is 9.57. The van der Waals surface area contributed by atoms with Crippen LogP contribution in [0, 0.1) is 17.2 Å². The molecule has 0 saturated carbocycles. The number of nitriles is 1. The van der Waals surface area contributed by atoms with Gasteiger partial charge in [-0.25, -0.2) is 0 Å². The van der Waals surface area contributed by atoms with E-state index in [4.69, 9.17) is 5.26 Å². The van der Waals surface area contributed by atoms with E-state index in [0.717, 1.165) is 11.5 Å². The number of aliphatic hydroxyl groups is 1. The molecule has 1 fully saturated rings. The summed E-state index contributed by atoms with van der Waals surface area (Å²) in [6.45, 7) is 1.93. The van der Waals surface area contributed by atoms with Crippen LogP contribution in [0.4, 0.5) is 0 Å². The van der Waals surface area contributed by atoms with Crippen molar-refractivity contribution in [1.82, 2.24) is 0 Å². The quantitative estimate of drug-likeness (QED) is 0.534. The van der Waals surface area contributed by atoms with Crippen LogP contribution in [0.2, 0.25) is 0 Å². The van der Waals surface area contributed by atoms with E-state index in [1.54, 1.807) is 0 Å². The Morgan fingerprint density at radius 2 is 2.50 bits per heavy atom. The van der Waals surface area contributed by atoms with Crippen LogP contribution >= 0.6 is 11.8 Å². The molecule has 1 N–H and O–H groups in total. The highest BCUT2D eigenvalue weighted by Gasteiger charge is 2.36. The van der Waals surface area contributed by atoms with Gasteiger partial charge in [-0.1, -0.05) is 6.92 Å². The molecular weight excluding hydrogens is 146 g/mol. The van der Waals surface area contributed by atoms with E-state index in [2.05, 4.69) is 0 Å². The van der Waals surface area contributed by atoms with E-state index >= 15 is 0 Å². The molecule has 0 bridgehead atoms. The zero-order valence-corrected chi connectivity index (χ0v) is 6.82. The molecule has 56 valence electrons. The van der Waals surface area contributed by atoms with Crippen molar-refractivity contribution in [2.24, 2.45) is 5.92 Å². The molecule has 10 heavy (non-hydrogen) atoms. The molecule has 1 rings (SSSR count). The zero-order valence-electron chi connectivity index (χ0n) is 6.00. The predicted molar refractivity (Wildman–Crippen MR) is 41.7 cm³/mol. The fourth-order valence-electron chi connectivity index (χ4n) is 1.04. The summed E-state index contributed by atoms with van der Waals surface area (Å²) < 4.78 is 0. The summed E-state index contributed by atoms with van der Waals surface area (Å²) in [4.78, 5) is 0. The normalized spacial score (nSPS) is 40.7. The van der Waals surface area contributed by atoms with Crippen LogP contribution in [0.5, 0.6) is 0 Å². The zero-order chi connectivity index (χ0) is 7.61. The van der Waals surface area contributed by atoms with Crippen molar-refractivity contribution in [1.29, 1.82) is 5.26 Å². The summed E-state index contributed by atoms with van der Waals surface area (Å²) in [5.41, 5.74) is -1.04. The van der Waals surface area contributed by atoms with Gasteiger partial charge in [-0.3, -0.25) is 0 Å². The van der Waals surface area contributed by atoms with Crippen LogP contribution < -0.4 is 0 Å². The molecule has 1 heterocycles. The number of hydrogen-bond acceptors (Lipinski definition) is 3. The van der Waals surface area contributed by atoms with Crippen molar-refractivity contribution < 1.29 is 5.11 Å². The molecule has 1 aliphatic rings. The fraction of sp³-hybridized carbons (Fsp3) is 0.857. The lowest BCUT2D eigenvalue weighted by molar-refractivity contribution is 0.0471. The molecule has 1 saturated heterocycles. The highest BCUT2D eigenvalue weighted by Crippen LogP contribution is 2.31. The third-order valence-electron chi connectivity index (χ3n) is 2.00. The SMILES string of the molecule is CC1CSCCC1(O)C#N. The third-order valence-corrected chi connectivity index (χ3v) is 3.23. The molecule has 0 amide bonds. The van der Waals surface area contributed by atoms with E-state index in [1.807, 2.05) is 24.8 Å². The maximum Gasteiger partial charge on any atom is 0.155 e. The Morgan fingerprint density at radius 3 is 2.90 bits per heavy atom. The van der Waals surface area contributed by atoms with E-state index < -0.39 is 5.60 Å². The van der Waals surface area contributed by atoms with Gasteiger partial charge in [0.1, 0.15) is 0 Å². The largest absolute Gasteiger partial charge is 0.375 e. The fourth-order valence-corrected chi connectivity index (χ4v) is 2.29. The van der Waals surface area contributed by atoms with Gasteiger partial charge >= 0.3 is 0 Å². The number of hydrogen-bond donors (Lipinski definition) is 1. The summed E-state index contributed by atoms with van der Waals surface area (Å²) in [7, 11) is 0. The summed E-state index contributed by atoms with van der Waals surface area (Å²) in [5.74, 6) is 1.94. The third kappa shape index (κ3) is 1.28. The van der Waals surface area contributed by atoms with Gasteiger partial charge in [0.2, 0.25) is 0 Å². The summed E-state index contributed by atoms with van der Waals surface area (Å²) in [5, 5.41) is 18.2. The van der Waals surface area contributed by atoms with Gasteiger partial charge in [-0.2, -0.15) is 17.0 Å². The Morgan fingerprint density at radius 1 is 1.80 bits per heavy atom. The highest BCUT2D eigenvalue weighted by molar-refractivity contribution is 7.99. The summed E-state index contributed by atoms with van der Waals surface area (Å²) in [6.07, 6.45) is 0.620. The summed E-state index contributed by atoms with van der Waals surface area (Å²) in [6, 6.07) is 1.97. The van der Waals surface area contributed by atoms with E-state index in [-0.39, 0.29) is 5.92 Å². The smallest absolute Gasteiger partial charge is 0.155 e. The first kappa shape index (κ1) is 7.90. The summed E-state index contributed by atoms with van der Waals surface area (Å²) >= 11 is 1.81. The number of thioether (sulfide) groups is 1. The Labute approximate surface area is 65.2 Å². The average Bonchev–Trinajstić information content (AvgIpc) is 1.96. The second kappa shape index (κ2) is 2.81. The number of rotatable bonds is 0. The molecular formula is C7H11NOS. The lowest BCUT2D eigenvalue weighted by Gasteiger charge is -2.31. The van der Waals surface area contributed by atoms with Gasteiger partial charge in [-0.05, 0) is 17.9 Å². The van der Waals surface area contributed by atoms with Crippen molar-refractivity contribution in [3.63, 3.8) is 0 Å². The number of nitrogens with zero attached hydrogens (tertiary/aromatic N) is 1. The van der Waals surface area contributed by atoms with Gasteiger partial charge in [0, 0.05) is 5.92 Å². The van der Waals surface area contributed by atoms with Gasteiger partial charge < -0.3 is 5.11 Å². The van der Waals surface area contributed by atoms with Crippen LogP contribution in [-0.2, 0) is 0 Å². The average molecular weight is 157 g/mol. The minimum Gasteiger partial charge on any atom is -0.375 e. The first-order valence-corrected chi connectivity index (χ1v) is 4.56. The molecule has 2 unspecified atom stereocenters. The predicted octanol–water partition coefficient (Wildman–Crippen LogP) is 1.01. The monoisotopic (exact) mass is 157 g/mol. The van der Waals surface area contributed by atoms with Gasteiger partial charge in [-0.15, -0.1) is 0 Å². The maximum absolute atomic E-state index is 9.57. The van der Waals surface area contributed by atoms with Crippen molar-refractivity contribution in [3.05, 3.63) is 0 Å². The topological polar surface area (TPSA) is 44.0 Å². The molecule has 3 heteroatoms. The van der Waals surface area contributed by atoms with Crippen molar-refractivity contribution in [3.8, 4) is 6.07 Å². The highest BCUT2D eigenvalue weighted by atomic mass is 32.2. The van der Waals surface area contributed by atoms with Crippen LogP contribution in [0.3, 0.4) is 0 Å². The van der Waals surface area contributed by atoms with Crippen molar-refractivity contribution >= 4 is 11.8 Å². The van der Waals surface area contributed by atoms with Crippen molar-refractivity contribution in [2.45, 2.75) is 18.9 Å². The Bertz CT molecular complexity index is 165. The molecule has 2 atom stereocenters. The molecule has 0 aromatic heterocycles. The van der Waals surface area contributed by atoms with Crippen LogP contribution in [-0.4, -0.2) is 22.2 Å². The van der Waals surface area contributed by atoms with Crippen molar-refractivity contribution in [2.75, 3.05) is 11.5 Å². The van der Waals surface area contributed by atoms with Crippen LogP contribution in [0.15, 0.2) is 0 Å². The second-order valence-corrected chi connectivity index (χ2v) is 3.91. The first-order valence-electron chi connectivity index (χ1n) is 3.40. The standard InChI is InChI=1S/C7H11NOS/c1-6-4-10-3-2-7(6,9)5-8/h6,9H,2-4H2,1H3. The van der Waals surface area contributed by atoms with Crippen LogP contribution in [0.25, 0.3) is 0 Å². The van der Waals surface area contributed by atoms with E-state index in [9.17, 15) is 5.11 Å². The Balaban J connectivity index is 2.65. The lowest BCUT2D eigenvalue weighted by atomic mass is 9.89. The molecule has 0 spiro atoms. The Hall–Kier alpha value is -0.200. The molecule has 2 nitrogen and oxygen atoms in total. The molecule has 0 aromatic carbocycles. The van der Waals surface area contributed by atoms with Gasteiger partial charge in [0.15, 0.2) is 5.60 Å². The lowest BCUT2D eigenvalue weighted by Crippen LogP contribution is -2.39. The molecule has 1 aliphatic heterocycles. The molecule has 0 aromatic rings. The molecule has 0 radical (unpaired) electrons. The van der Waals surface area contributed by atoms with Crippen LogP contribution in [0.1, 0.15) is 13.3 Å². The van der Waals surface area contributed by atoms with Gasteiger partial charge in [0.05, 0.1) is 6.07 Å².